The maximum Gasteiger partial charge on any atom is 0.133 e. The predicted octanol–water partition coefficient (Wildman–Crippen LogP) is 5.06. The van der Waals surface area contributed by atoms with Crippen molar-refractivity contribution in [3.8, 4) is 11.5 Å². The van der Waals surface area contributed by atoms with Crippen molar-refractivity contribution in [3.63, 3.8) is 0 Å². The maximum absolute atomic E-state index is 5.99. The van der Waals surface area contributed by atoms with E-state index in [-0.39, 0.29) is 6.04 Å². The van der Waals surface area contributed by atoms with E-state index in [0.717, 1.165) is 17.2 Å². The van der Waals surface area contributed by atoms with Crippen LogP contribution in [0.25, 0.3) is 0 Å². The highest BCUT2D eigenvalue weighted by molar-refractivity contribution is 7.08. The molecule has 0 radical (unpaired) electrons. The Labute approximate surface area is 121 Å². The van der Waals surface area contributed by atoms with Crippen molar-refractivity contribution in [1.29, 1.82) is 0 Å². The minimum atomic E-state index is 0.130. The molecule has 2 heterocycles. The summed E-state index contributed by atoms with van der Waals surface area (Å²) >= 11 is 1.70. The van der Waals surface area contributed by atoms with E-state index in [0.29, 0.717) is 0 Å². The molecule has 0 atom stereocenters. The first kappa shape index (κ1) is 11.6. The summed E-state index contributed by atoms with van der Waals surface area (Å²) in [6, 6.07) is 18.6. The summed E-state index contributed by atoms with van der Waals surface area (Å²) in [7, 11) is 0. The lowest BCUT2D eigenvalue weighted by molar-refractivity contribution is 0.451. The number of ether oxygens (including phenoxy) is 1. The van der Waals surface area contributed by atoms with Gasteiger partial charge >= 0.3 is 0 Å². The summed E-state index contributed by atoms with van der Waals surface area (Å²) in [4.78, 5) is 0. The van der Waals surface area contributed by atoms with Gasteiger partial charge in [0, 0.05) is 22.2 Å². The van der Waals surface area contributed by atoms with Gasteiger partial charge in [-0.15, -0.1) is 0 Å². The van der Waals surface area contributed by atoms with Crippen LogP contribution in [0.2, 0.25) is 0 Å². The zero-order valence-electron chi connectivity index (χ0n) is 10.7. The van der Waals surface area contributed by atoms with Gasteiger partial charge in [-0.3, -0.25) is 0 Å². The molecule has 98 valence electrons. The van der Waals surface area contributed by atoms with Crippen molar-refractivity contribution in [2.75, 3.05) is 5.32 Å². The summed E-state index contributed by atoms with van der Waals surface area (Å²) in [5, 5.41) is 7.81. The van der Waals surface area contributed by atoms with Gasteiger partial charge in [-0.1, -0.05) is 36.4 Å². The lowest BCUT2D eigenvalue weighted by atomic mass is 9.94. The number of thiophene rings is 1. The zero-order chi connectivity index (χ0) is 13.4. The Morgan fingerprint density at radius 2 is 1.50 bits per heavy atom. The van der Waals surface area contributed by atoms with E-state index in [1.807, 2.05) is 24.3 Å². The van der Waals surface area contributed by atoms with Gasteiger partial charge in [0.05, 0.1) is 6.04 Å². The molecule has 2 nitrogen and oxygen atoms in total. The zero-order valence-corrected chi connectivity index (χ0v) is 11.6. The molecular formula is C17H13NOS. The molecule has 20 heavy (non-hydrogen) atoms. The summed E-state index contributed by atoms with van der Waals surface area (Å²) < 4.78 is 5.99. The Hall–Kier alpha value is -2.26. The van der Waals surface area contributed by atoms with E-state index >= 15 is 0 Å². The number of para-hydroxylation sites is 2. The molecule has 0 unspecified atom stereocenters. The van der Waals surface area contributed by atoms with Crippen LogP contribution < -0.4 is 10.1 Å². The smallest absolute Gasteiger partial charge is 0.133 e. The molecule has 1 aliphatic rings. The van der Waals surface area contributed by atoms with E-state index < -0.39 is 0 Å². The van der Waals surface area contributed by atoms with Crippen molar-refractivity contribution in [2.24, 2.45) is 0 Å². The van der Waals surface area contributed by atoms with E-state index in [2.05, 4.69) is 46.4 Å². The minimum Gasteiger partial charge on any atom is -0.457 e. The monoisotopic (exact) mass is 279 g/mol. The fraction of sp³-hybridized carbons (Fsp3) is 0.0588. The van der Waals surface area contributed by atoms with Crippen LogP contribution in [0.4, 0.5) is 5.69 Å². The Bertz CT molecular complexity index is 691. The molecule has 0 saturated heterocycles. The highest BCUT2D eigenvalue weighted by atomic mass is 32.1. The summed E-state index contributed by atoms with van der Waals surface area (Å²) in [5.41, 5.74) is 3.50. The molecule has 1 aromatic heterocycles. The molecular weight excluding hydrogens is 266 g/mol. The first-order valence-electron chi connectivity index (χ1n) is 6.56. The van der Waals surface area contributed by atoms with E-state index in [1.54, 1.807) is 11.3 Å². The molecule has 1 aliphatic heterocycles. The third kappa shape index (κ3) is 1.87. The lowest BCUT2D eigenvalue weighted by Crippen LogP contribution is -2.17. The van der Waals surface area contributed by atoms with Crippen LogP contribution in [0.5, 0.6) is 11.5 Å². The van der Waals surface area contributed by atoms with Crippen molar-refractivity contribution < 1.29 is 4.74 Å². The van der Waals surface area contributed by atoms with Gasteiger partial charge in [0.15, 0.2) is 0 Å². The van der Waals surface area contributed by atoms with E-state index in [1.165, 1.54) is 11.1 Å². The number of rotatable bonds is 2. The Morgan fingerprint density at radius 1 is 0.850 bits per heavy atom. The molecule has 0 amide bonds. The second-order valence-corrected chi connectivity index (χ2v) is 5.55. The Balaban J connectivity index is 1.84. The second-order valence-electron chi connectivity index (χ2n) is 4.77. The van der Waals surface area contributed by atoms with Crippen LogP contribution in [0.3, 0.4) is 0 Å². The summed E-state index contributed by atoms with van der Waals surface area (Å²) in [6.07, 6.45) is 0. The van der Waals surface area contributed by atoms with Crippen LogP contribution in [-0.2, 0) is 0 Å². The third-order valence-electron chi connectivity index (χ3n) is 3.51. The number of hydrogen-bond donors (Lipinski definition) is 1. The predicted molar refractivity (Wildman–Crippen MR) is 82.7 cm³/mol. The fourth-order valence-electron chi connectivity index (χ4n) is 2.58. The van der Waals surface area contributed by atoms with Crippen molar-refractivity contribution in [3.05, 3.63) is 76.5 Å². The second kappa shape index (κ2) is 4.69. The highest BCUT2D eigenvalue weighted by Crippen LogP contribution is 2.44. The average molecular weight is 279 g/mol. The van der Waals surface area contributed by atoms with Crippen LogP contribution in [0, 0.1) is 0 Å². The van der Waals surface area contributed by atoms with Crippen molar-refractivity contribution >= 4 is 17.0 Å². The largest absolute Gasteiger partial charge is 0.457 e. The standard InChI is InChI=1S/C17H13NOS/c1-3-7-15-13(5-1)17(18-12-9-10-20-11-12)14-6-2-4-8-16(14)19-15/h1-11,17-18H. The Morgan fingerprint density at radius 3 is 2.10 bits per heavy atom. The molecule has 0 spiro atoms. The normalized spacial score (nSPS) is 13.2. The minimum absolute atomic E-state index is 0.130. The summed E-state index contributed by atoms with van der Waals surface area (Å²) in [5.74, 6) is 1.86. The Kier molecular flexibility index (Phi) is 2.71. The SMILES string of the molecule is c1ccc2c(c1)Oc1ccccc1C2Nc1ccsc1. The number of fused-ring (bicyclic) bond motifs is 2. The summed E-state index contributed by atoms with van der Waals surface area (Å²) in [6.45, 7) is 0. The molecule has 0 bridgehead atoms. The molecule has 0 saturated carbocycles. The molecule has 0 fully saturated rings. The lowest BCUT2D eigenvalue weighted by Gasteiger charge is -2.29. The molecule has 3 aromatic rings. The van der Waals surface area contributed by atoms with E-state index in [4.69, 9.17) is 4.74 Å². The van der Waals surface area contributed by atoms with Gasteiger partial charge < -0.3 is 10.1 Å². The van der Waals surface area contributed by atoms with Crippen LogP contribution in [0.1, 0.15) is 17.2 Å². The van der Waals surface area contributed by atoms with Crippen LogP contribution in [-0.4, -0.2) is 0 Å². The molecule has 2 aromatic carbocycles. The third-order valence-corrected chi connectivity index (χ3v) is 4.20. The van der Waals surface area contributed by atoms with Gasteiger partial charge in [0.25, 0.3) is 0 Å². The van der Waals surface area contributed by atoms with E-state index in [9.17, 15) is 0 Å². The number of nitrogens with one attached hydrogen (secondary N) is 1. The van der Waals surface area contributed by atoms with Crippen molar-refractivity contribution in [2.45, 2.75) is 6.04 Å². The average Bonchev–Trinajstić information content (AvgIpc) is 3.00. The fourth-order valence-corrected chi connectivity index (χ4v) is 3.18. The van der Waals surface area contributed by atoms with Gasteiger partial charge in [0.2, 0.25) is 0 Å². The van der Waals surface area contributed by atoms with Gasteiger partial charge in [-0.05, 0) is 23.6 Å². The maximum atomic E-state index is 5.99. The van der Waals surface area contributed by atoms with Gasteiger partial charge in [-0.2, -0.15) is 11.3 Å². The van der Waals surface area contributed by atoms with Crippen LogP contribution in [0.15, 0.2) is 65.4 Å². The van der Waals surface area contributed by atoms with Crippen LogP contribution >= 0.6 is 11.3 Å². The molecule has 1 N–H and O–H groups in total. The number of hydrogen-bond acceptors (Lipinski definition) is 3. The highest BCUT2D eigenvalue weighted by Gasteiger charge is 2.26. The first-order chi connectivity index (χ1) is 9.92. The molecule has 4 rings (SSSR count). The van der Waals surface area contributed by atoms with Gasteiger partial charge in [-0.25, -0.2) is 0 Å². The molecule has 3 heteroatoms. The first-order valence-corrected chi connectivity index (χ1v) is 7.50. The number of anilines is 1. The molecule has 0 aliphatic carbocycles. The van der Waals surface area contributed by atoms with Gasteiger partial charge in [0.1, 0.15) is 11.5 Å². The topological polar surface area (TPSA) is 21.3 Å². The quantitative estimate of drug-likeness (QED) is 0.708. The van der Waals surface area contributed by atoms with Crippen molar-refractivity contribution in [1.82, 2.24) is 0 Å². The number of benzene rings is 2.